The van der Waals surface area contributed by atoms with Gasteiger partial charge in [-0.15, -0.1) is 0 Å². The van der Waals surface area contributed by atoms with E-state index < -0.39 is 0 Å². The lowest BCUT2D eigenvalue weighted by molar-refractivity contribution is 0.0948. The van der Waals surface area contributed by atoms with Crippen molar-refractivity contribution in [2.24, 2.45) is 0 Å². The van der Waals surface area contributed by atoms with Gasteiger partial charge in [-0.3, -0.25) is 9.59 Å². The molecule has 0 saturated heterocycles. The second-order valence-electron chi connectivity index (χ2n) is 4.86. The van der Waals surface area contributed by atoms with Crippen molar-refractivity contribution >= 4 is 17.5 Å². The zero-order valence-corrected chi connectivity index (χ0v) is 12.7. The molecule has 0 atom stereocenters. The van der Waals surface area contributed by atoms with Crippen LogP contribution in [-0.4, -0.2) is 30.4 Å². The topological polar surface area (TPSA) is 62.3 Å². The Balaban J connectivity index is 2.18. The maximum Gasteiger partial charge on any atom is 0.276 e. The molecule has 1 aromatic heterocycles. The Morgan fingerprint density at radius 3 is 2.41 bits per heavy atom. The van der Waals surface area contributed by atoms with Crippen LogP contribution in [-0.2, 0) is 0 Å². The van der Waals surface area contributed by atoms with Gasteiger partial charge in [0.15, 0.2) is 0 Å². The third kappa shape index (κ3) is 3.69. The number of anilines is 1. The minimum Gasteiger partial charge on any atom is -0.351 e. The molecule has 0 saturated carbocycles. The van der Waals surface area contributed by atoms with Crippen LogP contribution in [0.5, 0.6) is 0 Å². The quantitative estimate of drug-likeness (QED) is 0.922. The van der Waals surface area contributed by atoms with Crippen molar-refractivity contribution < 1.29 is 9.59 Å². The number of para-hydroxylation sites is 1. The molecule has 0 unspecified atom stereocenters. The molecular formula is C17H19N3O2. The summed E-state index contributed by atoms with van der Waals surface area (Å²) >= 11 is 0. The number of aromatic nitrogens is 1. The molecule has 0 fully saturated rings. The van der Waals surface area contributed by atoms with E-state index in [0.29, 0.717) is 6.54 Å². The molecule has 114 valence electrons. The lowest BCUT2D eigenvalue weighted by atomic mass is 10.2. The van der Waals surface area contributed by atoms with Crippen molar-refractivity contribution in [1.82, 2.24) is 10.3 Å². The number of carbonyl (C=O) groups is 2. The number of nitrogens with zero attached hydrogens (tertiary/aromatic N) is 2. The zero-order valence-electron chi connectivity index (χ0n) is 12.7. The summed E-state index contributed by atoms with van der Waals surface area (Å²) in [4.78, 5) is 30.1. The smallest absolute Gasteiger partial charge is 0.276 e. The van der Waals surface area contributed by atoms with Crippen molar-refractivity contribution in [1.29, 1.82) is 0 Å². The Hall–Kier alpha value is -2.69. The van der Waals surface area contributed by atoms with Crippen molar-refractivity contribution in [3.63, 3.8) is 0 Å². The Bertz CT molecular complexity index is 656. The molecule has 1 heterocycles. The molecule has 5 heteroatoms. The number of nitrogens with one attached hydrogen (secondary N) is 1. The van der Waals surface area contributed by atoms with Crippen LogP contribution in [0, 0.1) is 0 Å². The van der Waals surface area contributed by atoms with E-state index in [1.807, 2.05) is 37.3 Å². The zero-order chi connectivity index (χ0) is 15.9. The molecule has 2 rings (SSSR count). The van der Waals surface area contributed by atoms with E-state index in [0.717, 1.165) is 12.1 Å². The molecule has 2 aromatic rings. The number of rotatable bonds is 5. The fourth-order valence-electron chi connectivity index (χ4n) is 1.95. The fourth-order valence-corrected chi connectivity index (χ4v) is 1.95. The molecule has 1 aromatic carbocycles. The van der Waals surface area contributed by atoms with Gasteiger partial charge in [-0.1, -0.05) is 31.2 Å². The highest BCUT2D eigenvalue weighted by molar-refractivity contribution is 6.05. The van der Waals surface area contributed by atoms with Gasteiger partial charge in [0.1, 0.15) is 11.4 Å². The van der Waals surface area contributed by atoms with E-state index in [1.165, 1.54) is 4.90 Å². The maximum absolute atomic E-state index is 12.5. The number of benzene rings is 1. The van der Waals surface area contributed by atoms with Crippen LogP contribution in [0.2, 0.25) is 0 Å². The van der Waals surface area contributed by atoms with Crippen LogP contribution >= 0.6 is 0 Å². The van der Waals surface area contributed by atoms with Crippen LogP contribution in [0.1, 0.15) is 34.3 Å². The first-order valence-electron chi connectivity index (χ1n) is 7.22. The van der Waals surface area contributed by atoms with Gasteiger partial charge in [0.25, 0.3) is 11.8 Å². The molecule has 2 amide bonds. The summed E-state index contributed by atoms with van der Waals surface area (Å²) < 4.78 is 0. The fraction of sp³-hybridized carbons (Fsp3) is 0.235. The van der Waals surface area contributed by atoms with Gasteiger partial charge in [-0.25, -0.2) is 4.98 Å². The highest BCUT2D eigenvalue weighted by Crippen LogP contribution is 2.14. The second kappa shape index (κ2) is 7.36. The normalized spacial score (nSPS) is 10.1. The highest BCUT2D eigenvalue weighted by Gasteiger charge is 2.16. The van der Waals surface area contributed by atoms with Crippen LogP contribution in [0.4, 0.5) is 5.69 Å². The average molecular weight is 297 g/mol. The Morgan fingerprint density at radius 2 is 1.73 bits per heavy atom. The van der Waals surface area contributed by atoms with Crippen molar-refractivity contribution in [3.05, 3.63) is 59.9 Å². The van der Waals surface area contributed by atoms with E-state index >= 15 is 0 Å². The predicted octanol–water partition coefficient (Wildman–Crippen LogP) is 2.50. The van der Waals surface area contributed by atoms with Crippen molar-refractivity contribution in [3.8, 4) is 0 Å². The highest BCUT2D eigenvalue weighted by atomic mass is 16.2. The Kier molecular flexibility index (Phi) is 5.25. The first kappa shape index (κ1) is 15.7. The van der Waals surface area contributed by atoms with Gasteiger partial charge < -0.3 is 10.2 Å². The maximum atomic E-state index is 12.5. The van der Waals surface area contributed by atoms with Crippen molar-refractivity contribution in [2.75, 3.05) is 18.5 Å². The lowest BCUT2D eigenvalue weighted by Crippen LogP contribution is -2.29. The first-order chi connectivity index (χ1) is 10.6. The Morgan fingerprint density at radius 1 is 1.05 bits per heavy atom. The van der Waals surface area contributed by atoms with Gasteiger partial charge >= 0.3 is 0 Å². The molecule has 0 aliphatic heterocycles. The second-order valence-corrected chi connectivity index (χ2v) is 4.86. The number of pyridine rings is 1. The molecule has 5 nitrogen and oxygen atoms in total. The average Bonchev–Trinajstić information content (AvgIpc) is 2.59. The predicted molar refractivity (Wildman–Crippen MR) is 86.0 cm³/mol. The number of carbonyl (C=O) groups excluding carboxylic acids is 2. The summed E-state index contributed by atoms with van der Waals surface area (Å²) in [5, 5.41) is 2.75. The monoisotopic (exact) mass is 297 g/mol. The summed E-state index contributed by atoms with van der Waals surface area (Å²) in [6.07, 6.45) is 0.848. The minimum absolute atomic E-state index is 0.246. The summed E-state index contributed by atoms with van der Waals surface area (Å²) in [5.41, 5.74) is 1.27. The number of hydrogen-bond acceptors (Lipinski definition) is 3. The van der Waals surface area contributed by atoms with Gasteiger partial charge in [-0.05, 0) is 30.7 Å². The molecule has 0 spiro atoms. The van der Waals surface area contributed by atoms with Crippen LogP contribution in [0.15, 0.2) is 48.5 Å². The molecular weight excluding hydrogens is 278 g/mol. The molecule has 0 bridgehead atoms. The van der Waals surface area contributed by atoms with Crippen molar-refractivity contribution in [2.45, 2.75) is 13.3 Å². The third-order valence-electron chi connectivity index (χ3n) is 3.18. The summed E-state index contributed by atoms with van der Waals surface area (Å²) in [7, 11) is 1.68. The first-order valence-corrected chi connectivity index (χ1v) is 7.22. The molecule has 1 N–H and O–H groups in total. The van der Waals surface area contributed by atoms with Crippen LogP contribution in [0.3, 0.4) is 0 Å². The van der Waals surface area contributed by atoms with E-state index in [1.54, 1.807) is 25.2 Å². The van der Waals surface area contributed by atoms with E-state index in [9.17, 15) is 9.59 Å². The largest absolute Gasteiger partial charge is 0.351 e. The van der Waals surface area contributed by atoms with E-state index in [2.05, 4.69) is 10.3 Å². The van der Waals surface area contributed by atoms with Gasteiger partial charge in [0.2, 0.25) is 0 Å². The molecule has 0 radical (unpaired) electrons. The van der Waals surface area contributed by atoms with E-state index in [-0.39, 0.29) is 23.2 Å². The molecule has 22 heavy (non-hydrogen) atoms. The van der Waals surface area contributed by atoms with Gasteiger partial charge in [0.05, 0.1) is 0 Å². The minimum atomic E-state index is -0.265. The third-order valence-corrected chi connectivity index (χ3v) is 3.18. The SMILES string of the molecule is CCCNC(=O)c1cccc(C(=O)N(C)c2ccccc2)n1. The van der Waals surface area contributed by atoms with E-state index in [4.69, 9.17) is 0 Å². The summed E-state index contributed by atoms with van der Waals surface area (Å²) in [6, 6.07) is 14.2. The van der Waals surface area contributed by atoms with Crippen LogP contribution in [0.25, 0.3) is 0 Å². The van der Waals surface area contributed by atoms with Crippen LogP contribution < -0.4 is 10.2 Å². The van der Waals surface area contributed by atoms with Gasteiger partial charge in [0, 0.05) is 19.3 Å². The molecule has 0 aliphatic carbocycles. The summed E-state index contributed by atoms with van der Waals surface area (Å²) in [5.74, 6) is -0.518. The molecule has 0 aliphatic rings. The Labute approximate surface area is 130 Å². The number of amides is 2. The number of hydrogen-bond donors (Lipinski definition) is 1. The standard InChI is InChI=1S/C17H19N3O2/c1-3-12-18-16(21)14-10-7-11-15(19-14)17(22)20(2)13-8-5-4-6-9-13/h4-11H,3,12H2,1-2H3,(H,18,21). The van der Waals surface area contributed by atoms with Gasteiger partial charge in [-0.2, -0.15) is 0 Å². The lowest BCUT2D eigenvalue weighted by Gasteiger charge is -2.17. The summed E-state index contributed by atoms with van der Waals surface area (Å²) in [6.45, 7) is 2.56.